The van der Waals surface area contributed by atoms with Crippen LogP contribution >= 0.6 is 0 Å². The summed E-state index contributed by atoms with van der Waals surface area (Å²) in [6.07, 6.45) is 9.36. The predicted octanol–water partition coefficient (Wildman–Crippen LogP) is 5.51. The van der Waals surface area contributed by atoms with Gasteiger partial charge >= 0.3 is 11.9 Å². The summed E-state index contributed by atoms with van der Waals surface area (Å²) < 4.78 is 33.3. The first-order valence-corrected chi connectivity index (χ1v) is 24.0. The van der Waals surface area contributed by atoms with Crippen molar-refractivity contribution in [1.82, 2.24) is 0 Å². The average molecular weight is 879 g/mol. The highest BCUT2D eigenvalue weighted by atomic mass is 16.7. The number of carbonyl (C=O) groups excluding carboxylic acids is 2. The van der Waals surface area contributed by atoms with Crippen LogP contribution in [-0.2, 0) is 38.0 Å². The van der Waals surface area contributed by atoms with E-state index in [1.165, 1.54) is 96.3 Å². The first-order chi connectivity index (χ1) is 29.4. The zero-order valence-corrected chi connectivity index (χ0v) is 37.8. The van der Waals surface area contributed by atoms with Gasteiger partial charge in [-0.15, -0.1) is 0 Å². The Kier molecular flexibility index (Phi) is 30.9. The summed E-state index contributed by atoms with van der Waals surface area (Å²) in [6, 6.07) is 0. The summed E-state index contributed by atoms with van der Waals surface area (Å²) >= 11 is 0. The molecule has 2 aliphatic rings. The quantitative estimate of drug-likeness (QED) is 0.0304. The smallest absolute Gasteiger partial charge is 0.305 e. The number of carbonyl (C=O) groups is 2. The highest BCUT2D eigenvalue weighted by molar-refractivity contribution is 5.69. The van der Waals surface area contributed by atoms with Crippen LogP contribution in [0.5, 0.6) is 0 Å². The summed E-state index contributed by atoms with van der Waals surface area (Å²) in [5.74, 6) is -0.170. The molecular weight excluding hydrogens is 792 g/mol. The Morgan fingerprint density at radius 3 is 1.57 bits per heavy atom. The maximum atomic E-state index is 12.7. The number of hydrogen-bond acceptors (Lipinski definition) is 15. The van der Waals surface area contributed by atoms with E-state index in [1.54, 1.807) is 0 Å². The number of aliphatic hydroxyl groups excluding tert-OH is 7. The van der Waals surface area contributed by atoms with Crippen LogP contribution < -0.4 is 0 Å². The van der Waals surface area contributed by atoms with E-state index in [9.17, 15) is 45.3 Å². The zero-order valence-electron chi connectivity index (χ0n) is 37.8. The van der Waals surface area contributed by atoms with Crippen molar-refractivity contribution in [3.63, 3.8) is 0 Å². The van der Waals surface area contributed by atoms with Gasteiger partial charge in [-0.1, -0.05) is 156 Å². The van der Waals surface area contributed by atoms with Gasteiger partial charge in [-0.05, 0) is 18.8 Å². The van der Waals surface area contributed by atoms with E-state index in [-0.39, 0.29) is 19.4 Å². The van der Waals surface area contributed by atoms with Crippen molar-refractivity contribution in [1.29, 1.82) is 0 Å². The molecular formula is C46H86O15. The summed E-state index contributed by atoms with van der Waals surface area (Å²) in [4.78, 5) is 25.0. The molecule has 0 aromatic rings. The van der Waals surface area contributed by atoms with Gasteiger partial charge in [0.15, 0.2) is 12.6 Å². The Morgan fingerprint density at radius 1 is 0.557 bits per heavy atom. The average Bonchev–Trinajstić information content (AvgIpc) is 3.25. The van der Waals surface area contributed by atoms with Gasteiger partial charge in [0.05, 0.1) is 13.2 Å². The lowest BCUT2D eigenvalue weighted by Gasteiger charge is -2.46. The molecule has 360 valence electrons. The topological polar surface area (TPSA) is 231 Å². The molecule has 2 saturated heterocycles. The largest absolute Gasteiger partial charge is 0.463 e. The maximum Gasteiger partial charge on any atom is 0.305 e. The molecule has 15 nitrogen and oxygen atoms in total. The second-order valence-electron chi connectivity index (χ2n) is 17.5. The summed E-state index contributed by atoms with van der Waals surface area (Å²) in [7, 11) is 0. The number of rotatable bonds is 36. The minimum atomic E-state index is -1.83. The summed E-state index contributed by atoms with van der Waals surface area (Å²) in [6.45, 7) is 4.75. The van der Waals surface area contributed by atoms with Gasteiger partial charge in [0.2, 0.25) is 0 Å². The van der Waals surface area contributed by atoms with Gasteiger partial charge in [0.1, 0.15) is 68.1 Å². The highest BCUT2D eigenvalue weighted by Crippen LogP contribution is 2.30. The fourth-order valence-corrected chi connectivity index (χ4v) is 7.75. The van der Waals surface area contributed by atoms with E-state index in [1.807, 2.05) is 0 Å². The number of esters is 2. The van der Waals surface area contributed by atoms with Crippen LogP contribution in [-0.4, -0.2) is 142 Å². The molecule has 61 heavy (non-hydrogen) atoms. The Balaban J connectivity index is 1.80. The van der Waals surface area contributed by atoms with E-state index in [4.69, 9.17) is 28.4 Å². The third-order valence-electron chi connectivity index (χ3n) is 12.1. The lowest BCUT2D eigenvalue weighted by atomic mass is 9.97. The Bertz CT molecular complexity index is 1100. The third-order valence-corrected chi connectivity index (χ3v) is 12.1. The van der Waals surface area contributed by atoms with Crippen LogP contribution in [0.3, 0.4) is 0 Å². The summed E-state index contributed by atoms with van der Waals surface area (Å²) in [5, 5.41) is 73.6. The van der Waals surface area contributed by atoms with Crippen molar-refractivity contribution in [2.75, 3.05) is 26.4 Å². The standard InChI is InChI=1S/C46H86O15/c1-4-6-7-8-9-10-11-12-13-14-18-21-24-27-37(49)56-30-34(48)31-58-45-43(55)44(61-46-42(54)41(53)39(51)35(29-47)59-46)40(52)36(60-45)32-57-38(50)28-25-22-19-16-15-17-20-23-26-33(3)5-2/h33-36,39-48,51-55H,4-32H2,1-3H3/t33?,34-,35+,36+,39+,40+,41-,42+,43-,44-,45-,46+/m0/s1. The van der Waals surface area contributed by atoms with E-state index < -0.39 is 99.3 Å². The third kappa shape index (κ3) is 23.3. The number of unbranched alkanes of at least 4 members (excludes halogenated alkanes) is 19. The molecule has 2 heterocycles. The van der Waals surface area contributed by atoms with Gasteiger partial charge in [-0.2, -0.15) is 0 Å². The zero-order chi connectivity index (χ0) is 44.8. The fraction of sp³-hybridized carbons (Fsp3) is 0.957. The van der Waals surface area contributed by atoms with Crippen LogP contribution in [0.4, 0.5) is 0 Å². The van der Waals surface area contributed by atoms with Crippen molar-refractivity contribution in [3.8, 4) is 0 Å². The lowest BCUT2D eigenvalue weighted by Crippen LogP contribution is -2.65. The minimum Gasteiger partial charge on any atom is -0.463 e. The minimum absolute atomic E-state index is 0.162. The molecule has 0 aromatic carbocycles. The molecule has 15 heteroatoms. The van der Waals surface area contributed by atoms with Crippen LogP contribution in [0, 0.1) is 5.92 Å². The van der Waals surface area contributed by atoms with Crippen LogP contribution in [0.25, 0.3) is 0 Å². The lowest BCUT2D eigenvalue weighted by molar-refractivity contribution is -0.361. The van der Waals surface area contributed by atoms with Gasteiger partial charge in [0.25, 0.3) is 0 Å². The van der Waals surface area contributed by atoms with Gasteiger partial charge in [-0.25, -0.2) is 0 Å². The molecule has 1 unspecified atom stereocenters. The first-order valence-electron chi connectivity index (χ1n) is 24.0. The second kappa shape index (κ2) is 33.9. The molecule has 0 bridgehead atoms. The van der Waals surface area contributed by atoms with E-state index in [0.29, 0.717) is 12.8 Å². The van der Waals surface area contributed by atoms with Crippen molar-refractivity contribution in [2.45, 2.75) is 249 Å². The SMILES string of the molecule is CCCCCCCCCCCCCCCC(=O)OC[C@H](O)CO[C@H]1O[C@H](COC(=O)CCCCCCCCCCC(C)CC)[C@@H](O)[C@H](O[C@H]2O[C@H](CO)[C@@H](O)[C@H](O)[C@H]2O)[C@@H]1O. The van der Waals surface area contributed by atoms with Gasteiger partial charge in [0, 0.05) is 12.8 Å². The summed E-state index contributed by atoms with van der Waals surface area (Å²) in [5.41, 5.74) is 0. The molecule has 2 rings (SSSR count). The monoisotopic (exact) mass is 879 g/mol. The molecule has 0 saturated carbocycles. The number of ether oxygens (including phenoxy) is 6. The molecule has 0 spiro atoms. The van der Waals surface area contributed by atoms with Gasteiger partial charge < -0.3 is 64.2 Å². The van der Waals surface area contributed by atoms with Crippen molar-refractivity contribution < 1.29 is 73.8 Å². The Hall–Kier alpha value is -1.50. The van der Waals surface area contributed by atoms with Crippen LogP contribution in [0.1, 0.15) is 181 Å². The second-order valence-corrected chi connectivity index (χ2v) is 17.5. The van der Waals surface area contributed by atoms with Crippen molar-refractivity contribution in [2.24, 2.45) is 5.92 Å². The molecule has 0 aliphatic carbocycles. The molecule has 0 radical (unpaired) electrons. The maximum absolute atomic E-state index is 12.7. The van der Waals surface area contributed by atoms with Crippen molar-refractivity contribution >= 4 is 11.9 Å². The molecule has 0 amide bonds. The van der Waals surface area contributed by atoms with E-state index in [2.05, 4.69) is 20.8 Å². The Labute approximate surface area is 366 Å². The van der Waals surface area contributed by atoms with Crippen LogP contribution in [0.2, 0.25) is 0 Å². The molecule has 12 atom stereocenters. The van der Waals surface area contributed by atoms with Gasteiger partial charge in [-0.3, -0.25) is 9.59 Å². The predicted molar refractivity (Wildman–Crippen MR) is 229 cm³/mol. The number of hydrogen-bond donors (Lipinski definition) is 7. The van der Waals surface area contributed by atoms with E-state index >= 15 is 0 Å². The normalized spacial score (nSPS) is 27.8. The number of aliphatic hydroxyl groups is 7. The fourth-order valence-electron chi connectivity index (χ4n) is 7.75. The highest BCUT2D eigenvalue weighted by Gasteiger charge is 2.51. The van der Waals surface area contributed by atoms with Crippen molar-refractivity contribution in [3.05, 3.63) is 0 Å². The van der Waals surface area contributed by atoms with Crippen LogP contribution in [0.15, 0.2) is 0 Å². The molecule has 2 aliphatic heterocycles. The molecule has 0 aromatic heterocycles. The first kappa shape index (κ1) is 55.6. The van der Waals surface area contributed by atoms with E-state index in [0.717, 1.165) is 44.4 Å². The Morgan fingerprint density at radius 2 is 1.05 bits per heavy atom. The molecule has 7 N–H and O–H groups in total. The molecule has 2 fully saturated rings.